The van der Waals surface area contributed by atoms with Crippen LogP contribution >= 0.6 is 15.9 Å². The molecule has 4 rings (SSSR count). The van der Waals surface area contributed by atoms with E-state index < -0.39 is 6.04 Å². The summed E-state index contributed by atoms with van der Waals surface area (Å²) in [6, 6.07) is 23.4. The lowest BCUT2D eigenvalue weighted by Gasteiger charge is -2.30. The number of ether oxygens (including phenoxy) is 1. The summed E-state index contributed by atoms with van der Waals surface area (Å²) < 4.78 is 7.77. The van der Waals surface area contributed by atoms with E-state index in [0.717, 1.165) is 4.47 Å². The number of aromatic nitrogens is 2. The molecule has 0 N–H and O–H groups in total. The van der Waals surface area contributed by atoms with Gasteiger partial charge in [-0.05, 0) is 55.5 Å². The Morgan fingerprint density at radius 3 is 2.39 bits per heavy atom. The molecular weight excluding hydrogens is 482 g/mol. The zero-order chi connectivity index (χ0) is 23.4. The van der Waals surface area contributed by atoms with Crippen LogP contribution in [0.1, 0.15) is 29.1 Å². The molecule has 1 amide bonds. The summed E-state index contributed by atoms with van der Waals surface area (Å²) >= 11 is 3.41. The molecule has 3 aromatic carbocycles. The predicted molar refractivity (Wildman–Crippen MR) is 133 cm³/mol. The average molecular weight is 506 g/mol. The Balaban J connectivity index is 1.88. The summed E-state index contributed by atoms with van der Waals surface area (Å²) in [5, 5.41) is 0.528. The van der Waals surface area contributed by atoms with Crippen LogP contribution in [0.5, 0.6) is 0 Å². The van der Waals surface area contributed by atoms with E-state index in [1.165, 1.54) is 0 Å². The van der Waals surface area contributed by atoms with E-state index >= 15 is 0 Å². The fraction of sp³-hybridized carbons (Fsp3) is 0.192. The van der Waals surface area contributed by atoms with Crippen LogP contribution in [-0.2, 0) is 4.74 Å². The first-order chi connectivity index (χ1) is 16.0. The molecule has 168 valence electrons. The van der Waals surface area contributed by atoms with E-state index in [2.05, 4.69) is 15.9 Å². The summed E-state index contributed by atoms with van der Waals surface area (Å²) in [5.41, 5.74) is 1.68. The maximum absolute atomic E-state index is 13.6. The first-order valence-electron chi connectivity index (χ1n) is 10.6. The van der Waals surface area contributed by atoms with E-state index in [9.17, 15) is 9.59 Å². The summed E-state index contributed by atoms with van der Waals surface area (Å²) in [7, 11) is 1.60. The minimum atomic E-state index is -0.492. The molecule has 1 aromatic heterocycles. The lowest BCUT2D eigenvalue weighted by Crippen LogP contribution is -2.39. The van der Waals surface area contributed by atoms with E-state index in [-0.39, 0.29) is 11.5 Å². The van der Waals surface area contributed by atoms with Crippen LogP contribution in [0.2, 0.25) is 0 Å². The highest BCUT2D eigenvalue weighted by Gasteiger charge is 2.27. The van der Waals surface area contributed by atoms with Crippen molar-refractivity contribution in [3.8, 4) is 5.69 Å². The second kappa shape index (κ2) is 10.1. The maximum atomic E-state index is 13.6. The summed E-state index contributed by atoms with van der Waals surface area (Å²) in [6.45, 7) is 2.60. The molecule has 7 heteroatoms. The smallest absolute Gasteiger partial charge is 0.266 e. The molecule has 0 aliphatic carbocycles. The summed E-state index contributed by atoms with van der Waals surface area (Å²) in [5.74, 6) is 0.334. The number of carbonyl (C=O) groups excluding carboxylic acids is 1. The Morgan fingerprint density at radius 2 is 1.70 bits per heavy atom. The molecule has 0 bridgehead atoms. The number of hydrogen-bond donors (Lipinski definition) is 0. The number of benzene rings is 3. The van der Waals surface area contributed by atoms with Crippen molar-refractivity contribution in [2.24, 2.45) is 0 Å². The van der Waals surface area contributed by atoms with Crippen LogP contribution < -0.4 is 5.56 Å². The molecule has 0 aliphatic heterocycles. The minimum Gasteiger partial charge on any atom is -0.383 e. The van der Waals surface area contributed by atoms with Gasteiger partial charge in [-0.2, -0.15) is 0 Å². The van der Waals surface area contributed by atoms with E-state index in [1.54, 1.807) is 34.8 Å². The molecule has 0 saturated carbocycles. The van der Waals surface area contributed by atoms with Gasteiger partial charge in [0.05, 0.1) is 29.2 Å². The zero-order valence-electron chi connectivity index (χ0n) is 18.4. The van der Waals surface area contributed by atoms with Crippen LogP contribution in [-0.4, -0.2) is 40.6 Å². The van der Waals surface area contributed by atoms with Gasteiger partial charge in [-0.15, -0.1) is 0 Å². The molecule has 0 radical (unpaired) electrons. The Kier molecular flexibility index (Phi) is 7.01. The van der Waals surface area contributed by atoms with E-state index in [1.807, 2.05) is 67.6 Å². The molecule has 6 nitrogen and oxygen atoms in total. The van der Waals surface area contributed by atoms with E-state index in [0.29, 0.717) is 41.1 Å². The Labute approximate surface area is 200 Å². The first-order valence-corrected chi connectivity index (χ1v) is 11.4. The predicted octanol–water partition coefficient (Wildman–Crippen LogP) is 5.00. The Bertz CT molecular complexity index is 1320. The highest BCUT2D eigenvalue weighted by molar-refractivity contribution is 9.10. The normalized spacial score (nSPS) is 12.0. The summed E-state index contributed by atoms with van der Waals surface area (Å²) in [4.78, 5) is 33.6. The molecule has 0 fully saturated rings. The zero-order valence-corrected chi connectivity index (χ0v) is 20.0. The number of nitrogens with zero attached hydrogens (tertiary/aromatic N) is 3. The van der Waals surface area contributed by atoms with Gasteiger partial charge in [-0.1, -0.05) is 46.3 Å². The maximum Gasteiger partial charge on any atom is 0.266 e. The molecule has 0 aliphatic rings. The van der Waals surface area contributed by atoms with Crippen LogP contribution in [0.15, 0.2) is 88.1 Å². The lowest BCUT2D eigenvalue weighted by atomic mass is 10.1. The van der Waals surface area contributed by atoms with Crippen LogP contribution in [0.3, 0.4) is 0 Å². The monoisotopic (exact) mass is 505 g/mol. The van der Waals surface area contributed by atoms with Crippen molar-refractivity contribution in [1.29, 1.82) is 0 Å². The van der Waals surface area contributed by atoms with Crippen molar-refractivity contribution in [2.75, 3.05) is 20.3 Å². The average Bonchev–Trinajstić information content (AvgIpc) is 2.85. The van der Waals surface area contributed by atoms with Gasteiger partial charge in [0.15, 0.2) is 0 Å². The third kappa shape index (κ3) is 4.74. The number of hydrogen-bond acceptors (Lipinski definition) is 4. The van der Waals surface area contributed by atoms with Gasteiger partial charge in [-0.25, -0.2) is 4.98 Å². The topological polar surface area (TPSA) is 64.4 Å². The van der Waals surface area contributed by atoms with Crippen molar-refractivity contribution >= 4 is 32.7 Å². The number of methoxy groups -OCH3 is 1. The number of rotatable bonds is 7. The minimum absolute atomic E-state index is 0.158. The van der Waals surface area contributed by atoms with Crippen LogP contribution in [0, 0.1) is 0 Å². The number of halogens is 1. The van der Waals surface area contributed by atoms with Gasteiger partial charge in [0.25, 0.3) is 11.5 Å². The highest BCUT2D eigenvalue weighted by Crippen LogP contribution is 2.25. The third-order valence-corrected chi connectivity index (χ3v) is 6.07. The van der Waals surface area contributed by atoms with Crippen molar-refractivity contribution < 1.29 is 9.53 Å². The number of amides is 1. The quantitative estimate of drug-likeness (QED) is 0.354. The fourth-order valence-electron chi connectivity index (χ4n) is 3.82. The molecule has 1 atom stereocenters. The fourth-order valence-corrected chi connectivity index (χ4v) is 4.08. The van der Waals surface area contributed by atoms with Crippen molar-refractivity contribution in [2.45, 2.75) is 13.0 Å². The van der Waals surface area contributed by atoms with Crippen molar-refractivity contribution in [3.63, 3.8) is 0 Å². The van der Waals surface area contributed by atoms with Crippen LogP contribution in [0.4, 0.5) is 0 Å². The number of carbonyl (C=O) groups is 1. The largest absolute Gasteiger partial charge is 0.383 e. The molecule has 4 aromatic rings. The highest BCUT2D eigenvalue weighted by atomic mass is 79.9. The van der Waals surface area contributed by atoms with Gasteiger partial charge >= 0.3 is 0 Å². The van der Waals surface area contributed by atoms with Gasteiger partial charge in [0.2, 0.25) is 0 Å². The molecule has 33 heavy (non-hydrogen) atoms. The second-order valence-corrected chi connectivity index (χ2v) is 8.55. The second-order valence-electron chi connectivity index (χ2n) is 7.64. The number of para-hydroxylation sites is 2. The lowest BCUT2D eigenvalue weighted by molar-refractivity contribution is 0.0605. The molecule has 0 saturated heterocycles. The Morgan fingerprint density at radius 1 is 1.03 bits per heavy atom. The standard InChI is InChI=1S/C26H24BrN3O3/c1-18(29(16-17-33-2)25(31)19-12-14-20(27)15-13-19)24-28-23-11-7-6-10-22(23)26(32)30(24)21-8-4-3-5-9-21/h3-15,18H,16-17H2,1-2H3. The Hall–Kier alpha value is -3.29. The van der Waals surface area contributed by atoms with Crippen molar-refractivity contribution in [1.82, 2.24) is 14.5 Å². The van der Waals surface area contributed by atoms with Crippen molar-refractivity contribution in [3.05, 3.63) is 105 Å². The van der Waals surface area contributed by atoms with Gasteiger partial charge in [0, 0.05) is 23.7 Å². The van der Waals surface area contributed by atoms with Crippen LogP contribution in [0.25, 0.3) is 16.6 Å². The molecule has 0 spiro atoms. The van der Waals surface area contributed by atoms with Gasteiger partial charge in [-0.3, -0.25) is 14.2 Å². The number of fused-ring (bicyclic) bond motifs is 1. The molecule has 1 unspecified atom stereocenters. The molecular formula is C26H24BrN3O3. The SMILES string of the molecule is COCCN(C(=O)c1ccc(Br)cc1)C(C)c1nc2ccccc2c(=O)n1-c1ccccc1. The molecule has 1 heterocycles. The van der Waals surface area contributed by atoms with Gasteiger partial charge < -0.3 is 9.64 Å². The summed E-state index contributed by atoms with van der Waals surface area (Å²) in [6.07, 6.45) is 0. The van der Waals surface area contributed by atoms with E-state index in [4.69, 9.17) is 9.72 Å². The third-order valence-electron chi connectivity index (χ3n) is 5.55. The first kappa shape index (κ1) is 22.9. The van der Waals surface area contributed by atoms with Gasteiger partial charge in [0.1, 0.15) is 5.82 Å².